The molecule has 0 radical (unpaired) electrons. The molecule has 0 unspecified atom stereocenters. The first-order valence-electron chi connectivity index (χ1n) is 9.06. The number of benzene rings is 1. The number of amides is 1. The van der Waals surface area contributed by atoms with Gasteiger partial charge in [-0.25, -0.2) is 0 Å². The molecule has 2 aromatic rings. The minimum absolute atomic E-state index is 0.0512. The van der Waals surface area contributed by atoms with Crippen molar-refractivity contribution in [3.05, 3.63) is 30.0 Å². The lowest BCUT2D eigenvalue weighted by Crippen LogP contribution is -2.43. The summed E-state index contributed by atoms with van der Waals surface area (Å²) < 4.78 is 11.3. The van der Waals surface area contributed by atoms with E-state index >= 15 is 0 Å². The maximum absolute atomic E-state index is 13.2. The summed E-state index contributed by atoms with van der Waals surface area (Å²) in [5.74, 6) is 1.96. The molecule has 2 saturated carbocycles. The number of nitrogens with zero attached hydrogens (tertiary/aromatic N) is 1. The van der Waals surface area contributed by atoms with Crippen LogP contribution in [0.15, 0.2) is 28.7 Å². The van der Waals surface area contributed by atoms with Crippen molar-refractivity contribution >= 4 is 16.9 Å². The van der Waals surface area contributed by atoms with Gasteiger partial charge in [0.05, 0.1) is 7.11 Å². The molecule has 0 bridgehead atoms. The van der Waals surface area contributed by atoms with Crippen LogP contribution in [0, 0.1) is 5.92 Å². The van der Waals surface area contributed by atoms with Crippen molar-refractivity contribution in [1.29, 1.82) is 0 Å². The van der Waals surface area contributed by atoms with Crippen LogP contribution in [-0.2, 0) is 0 Å². The third-order valence-electron chi connectivity index (χ3n) is 5.49. The predicted molar refractivity (Wildman–Crippen MR) is 93.4 cm³/mol. The molecule has 1 amide bonds. The van der Waals surface area contributed by atoms with E-state index in [2.05, 4.69) is 11.8 Å². The molecule has 2 fully saturated rings. The minimum atomic E-state index is 0.0512. The van der Waals surface area contributed by atoms with Gasteiger partial charge in [0.15, 0.2) is 17.1 Å². The zero-order valence-corrected chi connectivity index (χ0v) is 14.5. The van der Waals surface area contributed by atoms with E-state index in [1.165, 1.54) is 12.8 Å². The van der Waals surface area contributed by atoms with Crippen LogP contribution in [0.4, 0.5) is 0 Å². The molecule has 0 N–H and O–H groups in total. The van der Waals surface area contributed by atoms with E-state index in [1.54, 1.807) is 7.11 Å². The molecule has 0 atom stereocenters. The number of carbonyl (C=O) groups is 1. The molecule has 1 heterocycles. The van der Waals surface area contributed by atoms with Gasteiger partial charge in [-0.3, -0.25) is 4.79 Å². The number of ether oxygens (including phenoxy) is 1. The Morgan fingerprint density at radius 1 is 1.12 bits per heavy atom. The van der Waals surface area contributed by atoms with E-state index in [0.717, 1.165) is 37.0 Å². The summed E-state index contributed by atoms with van der Waals surface area (Å²) in [4.78, 5) is 15.3. The van der Waals surface area contributed by atoms with E-state index in [0.29, 0.717) is 29.2 Å². The van der Waals surface area contributed by atoms with Gasteiger partial charge >= 0.3 is 0 Å². The first-order chi connectivity index (χ1) is 11.7. The molecular weight excluding hydrogens is 302 g/mol. The highest BCUT2D eigenvalue weighted by Gasteiger charge is 2.39. The summed E-state index contributed by atoms with van der Waals surface area (Å²) in [5.41, 5.74) is 0.663. The van der Waals surface area contributed by atoms with Gasteiger partial charge in [0.1, 0.15) is 0 Å². The van der Waals surface area contributed by atoms with Gasteiger partial charge in [0, 0.05) is 17.5 Å². The molecule has 2 aliphatic rings. The topological polar surface area (TPSA) is 42.7 Å². The Morgan fingerprint density at radius 2 is 1.79 bits per heavy atom. The van der Waals surface area contributed by atoms with Crippen LogP contribution < -0.4 is 4.74 Å². The van der Waals surface area contributed by atoms with Crippen molar-refractivity contribution in [2.45, 2.75) is 57.5 Å². The number of fused-ring (bicyclic) bond motifs is 1. The van der Waals surface area contributed by atoms with Gasteiger partial charge in [-0.05, 0) is 56.6 Å². The molecule has 4 nitrogen and oxygen atoms in total. The van der Waals surface area contributed by atoms with Crippen LogP contribution in [-0.4, -0.2) is 30.0 Å². The summed E-state index contributed by atoms with van der Waals surface area (Å²) in [7, 11) is 1.62. The second-order valence-corrected chi connectivity index (χ2v) is 7.35. The average Bonchev–Trinajstić information content (AvgIpc) is 3.32. The number of carbonyl (C=O) groups excluding carboxylic acids is 1. The number of para-hydroxylation sites is 1. The molecule has 0 saturated heterocycles. The van der Waals surface area contributed by atoms with Gasteiger partial charge in [0.25, 0.3) is 5.91 Å². The van der Waals surface area contributed by atoms with E-state index in [4.69, 9.17) is 9.15 Å². The number of rotatable bonds is 4. The molecule has 128 valence electrons. The fourth-order valence-corrected chi connectivity index (χ4v) is 3.93. The minimum Gasteiger partial charge on any atom is -0.493 e. The van der Waals surface area contributed by atoms with Crippen LogP contribution in [0.3, 0.4) is 0 Å². The van der Waals surface area contributed by atoms with Crippen LogP contribution in [0.2, 0.25) is 0 Å². The first-order valence-corrected chi connectivity index (χ1v) is 9.06. The standard InChI is InChI=1S/C20H25NO3/c1-13-6-8-15(9-7-13)21(16-10-11-16)20(22)18-12-14-4-3-5-17(23-2)19(14)24-18/h3-5,12-13,15-16H,6-11H2,1-2H3. The Balaban J connectivity index is 1.63. The zero-order chi connectivity index (χ0) is 16.7. The van der Waals surface area contributed by atoms with Crippen molar-refractivity contribution in [2.24, 2.45) is 5.92 Å². The molecule has 0 spiro atoms. The number of hydrogen-bond donors (Lipinski definition) is 0. The lowest BCUT2D eigenvalue weighted by Gasteiger charge is -2.36. The Morgan fingerprint density at radius 3 is 2.42 bits per heavy atom. The molecule has 4 heteroatoms. The maximum Gasteiger partial charge on any atom is 0.290 e. The summed E-state index contributed by atoms with van der Waals surface area (Å²) in [6, 6.07) is 8.39. The van der Waals surface area contributed by atoms with Crippen LogP contribution in [0.5, 0.6) is 5.75 Å². The molecule has 2 aliphatic carbocycles. The van der Waals surface area contributed by atoms with E-state index in [9.17, 15) is 4.79 Å². The van der Waals surface area contributed by atoms with Gasteiger partial charge in [0.2, 0.25) is 0 Å². The highest BCUT2D eigenvalue weighted by molar-refractivity contribution is 5.97. The van der Waals surface area contributed by atoms with Gasteiger partial charge in [-0.1, -0.05) is 19.1 Å². The summed E-state index contributed by atoms with van der Waals surface area (Å²) >= 11 is 0. The van der Waals surface area contributed by atoms with E-state index in [1.807, 2.05) is 24.3 Å². The van der Waals surface area contributed by atoms with Gasteiger partial charge in [-0.2, -0.15) is 0 Å². The Kier molecular flexibility index (Phi) is 3.99. The van der Waals surface area contributed by atoms with Crippen molar-refractivity contribution in [1.82, 2.24) is 4.90 Å². The smallest absolute Gasteiger partial charge is 0.290 e. The zero-order valence-electron chi connectivity index (χ0n) is 14.5. The molecular formula is C20H25NO3. The van der Waals surface area contributed by atoms with Crippen molar-refractivity contribution in [2.75, 3.05) is 7.11 Å². The second kappa shape index (κ2) is 6.15. The van der Waals surface area contributed by atoms with Crippen LogP contribution in [0.1, 0.15) is 56.0 Å². The fourth-order valence-electron chi connectivity index (χ4n) is 3.93. The fraction of sp³-hybridized carbons (Fsp3) is 0.550. The molecule has 1 aromatic carbocycles. The van der Waals surface area contributed by atoms with E-state index < -0.39 is 0 Å². The first kappa shape index (κ1) is 15.6. The predicted octanol–water partition coefficient (Wildman–Crippen LogP) is 4.62. The third-order valence-corrected chi connectivity index (χ3v) is 5.49. The van der Waals surface area contributed by atoms with Crippen molar-refractivity contribution in [3.63, 3.8) is 0 Å². The number of methoxy groups -OCH3 is 1. The Hall–Kier alpha value is -1.97. The lowest BCUT2D eigenvalue weighted by atomic mass is 9.86. The highest BCUT2D eigenvalue weighted by Crippen LogP contribution is 2.37. The van der Waals surface area contributed by atoms with Crippen molar-refractivity contribution in [3.8, 4) is 5.75 Å². The molecule has 4 rings (SSSR count). The highest BCUT2D eigenvalue weighted by atomic mass is 16.5. The van der Waals surface area contributed by atoms with Crippen LogP contribution >= 0.6 is 0 Å². The molecule has 1 aromatic heterocycles. The maximum atomic E-state index is 13.2. The quantitative estimate of drug-likeness (QED) is 0.822. The lowest BCUT2D eigenvalue weighted by molar-refractivity contribution is 0.0563. The summed E-state index contributed by atoms with van der Waals surface area (Å²) in [5, 5.41) is 0.922. The normalized spacial score (nSPS) is 24.1. The Bertz CT molecular complexity index is 738. The van der Waals surface area contributed by atoms with Crippen molar-refractivity contribution < 1.29 is 13.9 Å². The number of furan rings is 1. The van der Waals surface area contributed by atoms with Gasteiger partial charge < -0.3 is 14.1 Å². The molecule has 24 heavy (non-hydrogen) atoms. The summed E-state index contributed by atoms with van der Waals surface area (Å²) in [6.45, 7) is 2.31. The summed E-state index contributed by atoms with van der Waals surface area (Å²) in [6.07, 6.45) is 6.92. The molecule has 0 aliphatic heterocycles. The van der Waals surface area contributed by atoms with Crippen LogP contribution in [0.25, 0.3) is 11.0 Å². The third kappa shape index (κ3) is 2.79. The Labute approximate surface area is 142 Å². The van der Waals surface area contributed by atoms with Gasteiger partial charge in [-0.15, -0.1) is 0 Å². The monoisotopic (exact) mass is 327 g/mol. The second-order valence-electron chi connectivity index (χ2n) is 7.35. The SMILES string of the molecule is COc1cccc2cc(C(=O)N(C3CCC(C)CC3)C3CC3)oc12. The largest absolute Gasteiger partial charge is 0.493 e. The van der Waals surface area contributed by atoms with E-state index in [-0.39, 0.29) is 5.91 Å². The number of hydrogen-bond acceptors (Lipinski definition) is 3. The average molecular weight is 327 g/mol.